The number of amides is 1. The Morgan fingerprint density at radius 3 is 2.74 bits per heavy atom. The summed E-state index contributed by atoms with van der Waals surface area (Å²) in [7, 11) is 0. The van der Waals surface area contributed by atoms with E-state index in [0.717, 1.165) is 0 Å². The van der Waals surface area contributed by atoms with Crippen LogP contribution >= 0.6 is 0 Å². The Morgan fingerprint density at radius 1 is 1.53 bits per heavy atom. The number of nitriles is 1. The third-order valence-electron chi connectivity index (χ3n) is 3.11. The van der Waals surface area contributed by atoms with Crippen LogP contribution in [0.3, 0.4) is 0 Å². The second-order valence-electron chi connectivity index (χ2n) is 4.47. The molecule has 0 radical (unpaired) electrons. The lowest BCUT2D eigenvalue weighted by Crippen LogP contribution is -2.53. The van der Waals surface area contributed by atoms with Gasteiger partial charge in [0.2, 0.25) is 5.91 Å². The van der Waals surface area contributed by atoms with Gasteiger partial charge in [-0.15, -0.1) is 0 Å². The number of piperidine rings is 1. The summed E-state index contributed by atoms with van der Waals surface area (Å²) < 4.78 is 4.85. The number of hydroxylamine groups is 2. The van der Waals surface area contributed by atoms with E-state index in [1.54, 1.807) is 11.8 Å². The van der Waals surface area contributed by atoms with Crippen LogP contribution in [-0.4, -0.2) is 58.8 Å². The Bertz CT molecular complexity index is 380. The van der Waals surface area contributed by atoms with E-state index in [-0.39, 0.29) is 25.7 Å². The molecule has 0 unspecified atom stereocenters. The molecule has 1 amide bonds. The summed E-state index contributed by atoms with van der Waals surface area (Å²) in [4.78, 5) is 24.2. The van der Waals surface area contributed by atoms with E-state index in [0.29, 0.717) is 17.9 Å². The molecule has 7 nitrogen and oxygen atoms in total. The Morgan fingerprint density at radius 2 is 2.21 bits per heavy atom. The van der Waals surface area contributed by atoms with Crippen LogP contribution in [0.1, 0.15) is 26.7 Å². The lowest BCUT2D eigenvalue weighted by molar-refractivity contribution is -0.179. The van der Waals surface area contributed by atoms with Crippen molar-refractivity contribution in [2.45, 2.75) is 38.8 Å². The topological polar surface area (TPSA) is 93.9 Å². The fraction of sp³-hybridized carbons (Fsp3) is 0.750. The minimum Gasteiger partial charge on any atom is -0.465 e. The first-order chi connectivity index (χ1) is 8.99. The summed E-state index contributed by atoms with van der Waals surface area (Å²) in [5.41, 5.74) is 0. The van der Waals surface area contributed by atoms with Crippen LogP contribution < -0.4 is 0 Å². The molecule has 1 saturated heterocycles. The molecule has 1 heterocycles. The molecule has 0 aromatic heterocycles. The van der Waals surface area contributed by atoms with Gasteiger partial charge in [0.05, 0.1) is 31.3 Å². The number of ether oxygens (including phenoxy) is 1. The lowest BCUT2D eigenvalue weighted by Gasteiger charge is -2.38. The first-order valence-corrected chi connectivity index (χ1v) is 6.27. The fourth-order valence-corrected chi connectivity index (χ4v) is 2.17. The molecule has 0 spiro atoms. The Hall–Kier alpha value is -1.65. The van der Waals surface area contributed by atoms with E-state index in [2.05, 4.69) is 6.07 Å². The van der Waals surface area contributed by atoms with Crippen LogP contribution in [0.4, 0.5) is 0 Å². The van der Waals surface area contributed by atoms with Crippen LogP contribution in [0.15, 0.2) is 0 Å². The minimum atomic E-state index is -0.448. The highest BCUT2D eigenvalue weighted by molar-refractivity contribution is 5.72. The molecule has 1 aliphatic rings. The van der Waals surface area contributed by atoms with Crippen LogP contribution in [0.2, 0.25) is 0 Å². The number of rotatable bonds is 4. The highest BCUT2D eigenvalue weighted by atomic mass is 16.5. The Labute approximate surface area is 112 Å². The maximum Gasteiger partial charge on any atom is 0.320 e. The number of carbonyl (C=O) groups is 2. The maximum atomic E-state index is 11.5. The number of esters is 1. The second-order valence-corrected chi connectivity index (χ2v) is 4.47. The van der Waals surface area contributed by atoms with Gasteiger partial charge < -0.3 is 4.74 Å². The average Bonchev–Trinajstić information content (AvgIpc) is 2.37. The normalized spacial score (nSPS) is 23.5. The number of likely N-dealkylation sites (tertiary alicyclic amines) is 1. The maximum absolute atomic E-state index is 11.5. The van der Waals surface area contributed by atoms with Crippen molar-refractivity contribution < 1.29 is 19.5 Å². The van der Waals surface area contributed by atoms with Crippen molar-refractivity contribution in [1.82, 2.24) is 9.96 Å². The summed E-state index contributed by atoms with van der Waals surface area (Å²) in [5.74, 6) is -0.854. The lowest BCUT2D eigenvalue weighted by atomic mass is 9.98. The molecule has 1 fully saturated rings. The van der Waals surface area contributed by atoms with Crippen molar-refractivity contribution in [3.8, 4) is 6.07 Å². The zero-order valence-electron chi connectivity index (χ0n) is 11.2. The quantitative estimate of drug-likeness (QED) is 0.443. The van der Waals surface area contributed by atoms with Gasteiger partial charge in [-0.25, -0.2) is 5.06 Å². The SMILES string of the molecule is CCOC(=O)CN1C[C@H](N(O)C(C)=O)CC[C@H]1C#N. The van der Waals surface area contributed by atoms with Gasteiger partial charge in [-0.05, 0) is 19.8 Å². The fourth-order valence-electron chi connectivity index (χ4n) is 2.17. The van der Waals surface area contributed by atoms with Crippen molar-refractivity contribution in [2.75, 3.05) is 19.7 Å². The number of hydrogen-bond acceptors (Lipinski definition) is 6. The molecule has 2 atom stereocenters. The van der Waals surface area contributed by atoms with Gasteiger partial charge in [0.1, 0.15) is 0 Å². The summed E-state index contributed by atoms with van der Waals surface area (Å²) in [6.45, 7) is 3.55. The highest BCUT2D eigenvalue weighted by Gasteiger charge is 2.33. The van der Waals surface area contributed by atoms with Crippen molar-refractivity contribution in [3.05, 3.63) is 0 Å². The first kappa shape index (κ1) is 15.4. The summed E-state index contributed by atoms with van der Waals surface area (Å²) in [6.07, 6.45) is 1.04. The Kier molecular flexibility index (Phi) is 5.73. The highest BCUT2D eigenvalue weighted by Crippen LogP contribution is 2.20. The number of hydrogen-bond donors (Lipinski definition) is 1. The van der Waals surface area contributed by atoms with E-state index in [1.165, 1.54) is 6.92 Å². The van der Waals surface area contributed by atoms with Crippen LogP contribution in [0, 0.1) is 11.3 Å². The van der Waals surface area contributed by atoms with Gasteiger partial charge in [0, 0.05) is 13.5 Å². The van der Waals surface area contributed by atoms with Crippen LogP contribution in [0.25, 0.3) is 0 Å². The molecule has 7 heteroatoms. The van der Waals surface area contributed by atoms with E-state index in [9.17, 15) is 14.8 Å². The molecular formula is C12H19N3O4. The molecule has 0 aliphatic carbocycles. The van der Waals surface area contributed by atoms with Gasteiger partial charge in [0.25, 0.3) is 0 Å². The standard InChI is InChI=1S/C12H19N3O4/c1-3-19-12(17)8-14-7-11(15(18)9(2)16)5-4-10(14)6-13/h10-11,18H,3-5,7-8H2,1-2H3/t10-,11+/m0/s1. The van der Waals surface area contributed by atoms with E-state index < -0.39 is 17.9 Å². The third-order valence-corrected chi connectivity index (χ3v) is 3.11. The van der Waals surface area contributed by atoms with Crippen molar-refractivity contribution in [3.63, 3.8) is 0 Å². The van der Waals surface area contributed by atoms with Gasteiger partial charge in [-0.3, -0.25) is 19.7 Å². The molecule has 1 rings (SSSR count). The molecule has 0 aromatic rings. The molecule has 0 aromatic carbocycles. The number of nitrogens with zero attached hydrogens (tertiary/aromatic N) is 3. The predicted octanol–water partition coefficient (Wildman–Crippen LogP) is 0.144. The molecule has 1 N–H and O–H groups in total. The predicted molar refractivity (Wildman–Crippen MR) is 64.9 cm³/mol. The van der Waals surface area contributed by atoms with Crippen molar-refractivity contribution in [2.24, 2.45) is 0 Å². The molecule has 0 bridgehead atoms. The summed E-state index contributed by atoms with van der Waals surface area (Å²) in [5, 5.41) is 19.3. The monoisotopic (exact) mass is 269 g/mol. The second kappa shape index (κ2) is 7.07. The smallest absolute Gasteiger partial charge is 0.320 e. The van der Waals surface area contributed by atoms with Gasteiger partial charge in [-0.1, -0.05) is 0 Å². The molecule has 1 aliphatic heterocycles. The zero-order chi connectivity index (χ0) is 14.4. The largest absolute Gasteiger partial charge is 0.465 e. The Balaban J connectivity index is 2.66. The van der Waals surface area contributed by atoms with Crippen LogP contribution in [0.5, 0.6) is 0 Å². The molecule has 106 valence electrons. The number of carbonyl (C=O) groups excluding carboxylic acids is 2. The zero-order valence-corrected chi connectivity index (χ0v) is 11.2. The van der Waals surface area contributed by atoms with Crippen molar-refractivity contribution in [1.29, 1.82) is 5.26 Å². The third kappa shape index (κ3) is 4.19. The van der Waals surface area contributed by atoms with Crippen LogP contribution in [-0.2, 0) is 14.3 Å². The van der Waals surface area contributed by atoms with Crippen molar-refractivity contribution >= 4 is 11.9 Å². The van der Waals surface area contributed by atoms with Gasteiger partial charge in [-0.2, -0.15) is 5.26 Å². The van der Waals surface area contributed by atoms with Gasteiger partial charge in [0.15, 0.2) is 0 Å². The average molecular weight is 269 g/mol. The summed E-state index contributed by atoms with van der Waals surface area (Å²) >= 11 is 0. The van der Waals surface area contributed by atoms with Gasteiger partial charge >= 0.3 is 5.97 Å². The summed E-state index contributed by atoms with van der Waals surface area (Å²) in [6, 6.07) is 1.34. The molecule has 19 heavy (non-hydrogen) atoms. The van der Waals surface area contributed by atoms with E-state index >= 15 is 0 Å². The van der Waals surface area contributed by atoms with E-state index in [4.69, 9.17) is 10.00 Å². The minimum absolute atomic E-state index is 0.00564. The molecule has 0 saturated carbocycles. The first-order valence-electron chi connectivity index (χ1n) is 6.27. The van der Waals surface area contributed by atoms with E-state index in [1.807, 2.05) is 0 Å². The molecular weight excluding hydrogens is 250 g/mol.